The van der Waals surface area contributed by atoms with Crippen molar-refractivity contribution in [3.05, 3.63) is 59.1 Å². The second-order valence-corrected chi connectivity index (χ2v) is 8.10. The molecule has 1 heterocycles. The number of amides is 1. The van der Waals surface area contributed by atoms with E-state index >= 15 is 0 Å². The van der Waals surface area contributed by atoms with E-state index in [2.05, 4.69) is 20.7 Å². The molecule has 1 N–H and O–H groups in total. The van der Waals surface area contributed by atoms with Crippen molar-refractivity contribution in [2.45, 2.75) is 25.1 Å². The van der Waals surface area contributed by atoms with Crippen LogP contribution in [0.3, 0.4) is 0 Å². The number of carbonyl (C=O) groups excluding carboxylic acids is 1. The number of aryl methyl sites for hydroxylation is 1. The molecule has 0 aliphatic carbocycles. The Labute approximate surface area is 170 Å². The van der Waals surface area contributed by atoms with E-state index in [0.717, 1.165) is 11.1 Å². The zero-order valence-corrected chi connectivity index (χ0v) is 16.9. The molecular weight excluding hydrogens is 398 g/mol. The van der Waals surface area contributed by atoms with Crippen LogP contribution in [0.2, 0.25) is 5.02 Å². The van der Waals surface area contributed by atoms with Crippen LogP contribution in [0.25, 0.3) is 11.4 Å². The van der Waals surface area contributed by atoms with E-state index in [-0.39, 0.29) is 5.91 Å². The van der Waals surface area contributed by atoms with Crippen molar-refractivity contribution in [2.75, 3.05) is 11.6 Å². The summed E-state index contributed by atoms with van der Waals surface area (Å²) in [6, 6.07) is 14.9. The highest BCUT2D eigenvalue weighted by Crippen LogP contribution is 2.24. The highest BCUT2D eigenvalue weighted by molar-refractivity contribution is 7.83. The van der Waals surface area contributed by atoms with Crippen LogP contribution in [0.15, 0.2) is 48.5 Å². The lowest BCUT2D eigenvalue weighted by molar-refractivity contribution is -0.116. The van der Waals surface area contributed by atoms with Crippen molar-refractivity contribution in [3.8, 4) is 11.4 Å². The average molecular weight is 418 g/mol. The number of halogens is 1. The van der Waals surface area contributed by atoms with E-state index < -0.39 is 10.8 Å². The van der Waals surface area contributed by atoms with Gasteiger partial charge in [-0.3, -0.25) is 9.00 Å². The zero-order valence-electron chi connectivity index (χ0n) is 15.3. The summed E-state index contributed by atoms with van der Waals surface area (Å²) >= 11 is 6.14. The van der Waals surface area contributed by atoms with Gasteiger partial charge >= 0.3 is 0 Å². The first kappa shape index (κ1) is 20.2. The number of hydrogen-bond acceptors (Lipinski definition) is 5. The SMILES string of the molecule is CS(=O)Cc1ccc(Cl)c(NC(=O)CCCn2nnc(-c3ccccc3)n2)c1. The first-order valence-electron chi connectivity index (χ1n) is 8.73. The van der Waals surface area contributed by atoms with Gasteiger partial charge in [0.05, 0.1) is 17.3 Å². The van der Waals surface area contributed by atoms with Crippen LogP contribution >= 0.6 is 11.6 Å². The minimum Gasteiger partial charge on any atom is -0.325 e. The van der Waals surface area contributed by atoms with Crippen molar-refractivity contribution in [3.63, 3.8) is 0 Å². The highest BCUT2D eigenvalue weighted by Gasteiger charge is 2.09. The predicted molar refractivity (Wildman–Crippen MR) is 110 cm³/mol. The summed E-state index contributed by atoms with van der Waals surface area (Å²) in [5.74, 6) is 0.823. The lowest BCUT2D eigenvalue weighted by atomic mass is 10.2. The summed E-state index contributed by atoms with van der Waals surface area (Å²) in [6.45, 7) is 0.482. The van der Waals surface area contributed by atoms with Crippen LogP contribution in [-0.4, -0.2) is 36.6 Å². The van der Waals surface area contributed by atoms with Gasteiger partial charge in [-0.05, 0) is 29.3 Å². The standard InChI is InChI=1S/C19H20ClN5O2S/c1-28(27)13-14-9-10-16(20)17(12-14)21-18(26)8-5-11-25-23-19(22-24-25)15-6-3-2-4-7-15/h2-4,6-7,9-10,12H,5,8,11,13H2,1H3,(H,21,26). The first-order valence-corrected chi connectivity index (χ1v) is 10.8. The third-order valence-corrected chi connectivity index (χ3v) is 4.99. The average Bonchev–Trinajstić information content (AvgIpc) is 3.14. The van der Waals surface area contributed by atoms with Crippen LogP contribution in [0.1, 0.15) is 18.4 Å². The summed E-state index contributed by atoms with van der Waals surface area (Å²) in [5.41, 5.74) is 2.29. The molecule has 0 saturated heterocycles. The fourth-order valence-electron chi connectivity index (χ4n) is 2.63. The van der Waals surface area contributed by atoms with E-state index in [1.807, 2.05) is 30.3 Å². The van der Waals surface area contributed by atoms with Crippen LogP contribution in [-0.2, 0) is 27.9 Å². The number of rotatable bonds is 8. The van der Waals surface area contributed by atoms with Crippen LogP contribution in [0, 0.1) is 0 Å². The number of anilines is 1. The lowest BCUT2D eigenvalue weighted by Crippen LogP contribution is -2.13. The Balaban J connectivity index is 1.51. The molecule has 0 bridgehead atoms. The Kier molecular flexibility index (Phi) is 6.89. The minimum absolute atomic E-state index is 0.153. The number of hydrogen-bond donors (Lipinski definition) is 1. The summed E-state index contributed by atoms with van der Waals surface area (Å²) < 4.78 is 11.4. The number of tetrazole rings is 1. The molecule has 146 valence electrons. The summed E-state index contributed by atoms with van der Waals surface area (Å²) in [6.07, 6.45) is 2.49. The molecule has 1 unspecified atom stereocenters. The third-order valence-electron chi connectivity index (χ3n) is 3.92. The molecule has 28 heavy (non-hydrogen) atoms. The molecule has 0 aliphatic heterocycles. The van der Waals surface area contributed by atoms with Crippen molar-refractivity contribution < 1.29 is 9.00 Å². The molecule has 7 nitrogen and oxygen atoms in total. The fraction of sp³-hybridized carbons (Fsp3) is 0.263. The van der Waals surface area contributed by atoms with Gasteiger partial charge in [0.1, 0.15) is 0 Å². The van der Waals surface area contributed by atoms with E-state index in [1.165, 1.54) is 4.80 Å². The van der Waals surface area contributed by atoms with Gasteiger partial charge in [-0.2, -0.15) is 4.80 Å². The van der Waals surface area contributed by atoms with Gasteiger partial charge in [0.25, 0.3) is 0 Å². The molecule has 1 atom stereocenters. The Morgan fingerprint density at radius 2 is 2.00 bits per heavy atom. The molecule has 0 fully saturated rings. The second-order valence-electron chi connectivity index (χ2n) is 6.26. The van der Waals surface area contributed by atoms with Gasteiger partial charge in [0.15, 0.2) is 0 Å². The van der Waals surface area contributed by atoms with Crippen molar-refractivity contribution in [1.29, 1.82) is 0 Å². The largest absolute Gasteiger partial charge is 0.325 e. The highest BCUT2D eigenvalue weighted by atomic mass is 35.5. The van der Waals surface area contributed by atoms with Gasteiger partial charge in [0.2, 0.25) is 11.7 Å². The smallest absolute Gasteiger partial charge is 0.224 e. The van der Waals surface area contributed by atoms with Gasteiger partial charge in [-0.1, -0.05) is 48.0 Å². The molecule has 1 aromatic heterocycles. The Hall–Kier alpha value is -2.58. The van der Waals surface area contributed by atoms with Crippen molar-refractivity contribution in [1.82, 2.24) is 20.2 Å². The topological polar surface area (TPSA) is 89.8 Å². The summed E-state index contributed by atoms with van der Waals surface area (Å²) in [4.78, 5) is 13.7. The minimum atomic E-state index is -0.961. The van der Waals surface area contributed by atoms with Crippen LogP contribution in [0.5, 0.6) is 0 Å². The molecule has 0 saturated carbocycles. The number of carbonyl (C=O) groups is 1. The quantitative estimate of drug-likeness (QED) is 0.607. The molecule has 0 radical (unpaired) electrons. The third kappa shape index (κ3) is 5.71. The number of benzene rings is 2. The molecule has 3 aromatic rings. The molecular formula is C19H20ClN5O2S. The lowest BCUT2D eigenvalue weighted by Gasteiger charge is -2.09. The molecule has 0 spiro atoms. The monoisotopic (exact) mass is 417 g/mol. The summed E-state index contributed by atoms with van der Waals surface area (Å²) in [7, 11) is -0.961. The molecule has 1 amide bonds. The Morgan fingerprint density at radius 3 is 2.75 bits per heavy atom. The Bertz CT molecular complexity index is 977. The molecule has 2 aromatic carbocycles. The van der Waals surface area contributed by atoms with Gasteiger partial charge in [0, 0.05) is 34.8 Å². The fourth-order valence-corrected chi connectivity index (χ4v) is 3.44. The van der Waals surface area contributed by atoms with Crippen molar-refractivity contribution >= 4 is 34.0 Å². The van der Waals surface area contributed by atoms with Crippen molar-refractivity contribution in [2.24, 2.45) is 0 Å². The second kappa shape index (κ2) is 9.57. The van der Waals surface area contributed by atoms with Gasteiger partial charge < -0.3 is 5.32 Å². The zero-order chi connectivity index (χ0) is 19.9. The number of nitrogens with zero attached hydrogens (tertiary/aromatic N) is 4. The van der Waals surface area contributed by atoms with E-state index in [0.29, 0.717) is 41.7 Å². The molecule has 0 aliphatic rings. The Morgan fingerprint density at radius 1 is 1.21 bits per heavy atom. The van der Waals surface area contributed by atoms with Crippen LogP contribution in [0.4, 0.5) is 5.69 Å². The van der Waals surface area contributed by atoms with E-state index in [4.69, 9.17) is 11.6 Å². The maximum absolute atomic E-state index is 12.2. The maximum atomic E-state index is 12.2. The molecule has 9 heteroatoms. The number of aromatic nitrogens is 4. The normalized spacial score (nSPS) is 11.9. The summed E-state index contributed by atoms with van der Waals surface area (Å²) in [5, 5.41) is 15.6. The van der Waals surface area contributed by atoms with Gasteiger partial charge in [-0.15, -0.1) is 10.2 Å². The first-order chi connectivity index (χ1) is 13.5. The van der Waals surface area contributed by atoms with E-state index in [1.54, 1.807) is 24.5 Å². The molecule has 3 rings (SSSR count). The maximum Gasteiger partial charge on any atom is 0.224 e. The number of nitrogens with one attached hydrogen (secondary N) is 1. The van der Waals surface area contributed by atoms with Gasteiger partial charge in [-0.25, -0.2) is 0 Å². The van der Waals surface area contributed by atoms with E-state index in [9.17, 15) is 9.00 Å². The predicted octanol–water partition coefficient (Wildman–Crippen LogP) is 3.29. The van der Waals surface area contributed by atoms with Crippen LogP contribution < -0.4 is 5.32 Å².